The zero-order valence-corrected chi connectivity index (χ0v) is 16.7. The van der Waals surface area contributed by atoms with Crippen molar-refractivity contribution < 1.29 is 19.2 Å². The number of carbonyl (C=O) groups is 2. The molecule has 1 N–H and O–H groups in total. The molecule has 2 aromatic rings. The average molecular weight is 396 g/mol. The van der Waals surface area contributed by atoms with E-state index in [0.717, 1.165) is 35.7 Å². The molecule has 7 nitrogen and oxygen atoms in total. The van der Waals surface area contributed by atoms with E-state index in [9.17, 15) is 19.7 Å². The van der Waals surface area contributed by atoms with Crippen molar-refractivity contribution in [1.29, 1.82) is 0 Å². The number of esters is 1. The van der Waals surface area contributed by atoms with Gasteiger partial charge in [-0.25, -0.2) is 4.79 Å². The van der Waals surface area contributed by atoms with E-state index in [4.69, 9.17) is 4.74 Å². The maximum atomic E-state index is 12.5. The predicted octanol–water partition coefficient (Wildman–Crippen LogP) is 4.30. The van der Waals surface area contributed by atoms with Crippen molar-refractivity contribution in [1.82, 2.24) is 0 Å². The van der Waals surface area contributed by atoms with Crippen LogP contribution in [0.3, 0.4) is 0 Å². The van der Waals surface area contributed by atoms with Crippen LogP contribution in [0.5, 0.6) is 0 Å². The second kappa shape index (κ2) is 10.2. The van der Waals surface area contributed by atoms with Crippen molar-refractivity contribution in [3.05, 3.63) is 75.3 Å². The molecular formula is C22H24N2O5. The maximum Gasteiger partial charge on any atom is 0.331 e. The van der Waals surface area contributed by atoms with Crippen LogP contribution < -0.4 is 5.32 Å². The molecule has 0 bridgehead atoms. The third-order valence-electron chi connectivity index (χ3n) is 4.40. The number of nitrogens with one attached hydrogen (secondary N) is 1. The summed E-state index contributed by atoms with van der Waals surface area (Å²) in [6.45, 7) is 5.51. The number of nitro benzene ring substituents is 1. The lowest BCUT2D eigenvalue weighted by Crippen LogP contribution is -2.30. The number of amides is 1. The molecule has 0 aliphatic heterocycles. The highest BCUT2D eigenvalue weighted by molar-refractivity contribution is 5.97. The number of para-hydroxylation sites is 1. The number of hydrogen-bond acceptors (Lipinski definition) is 5. The Morgan fingerprint density at radius 3 is 2.34 bits per heavy atom. The zero-order chi connectivity index (χ0) is 21.4. The molecule has 0 saturated carbocycles. The van der Waals surface area contributed by atoms with Crippen LogP contribution in [0, 0.1) is 10.1 Å². The summed E-state index contributed by atoms with van der Waals surface area (Å²) in [5, 5.41) is 13.7. The van der Waals surface area contributed by atoms with E-state index >= 15 is 0 Å². The standard InChI is InChI=1S/C22H24N2O5/c1-4-17-9-7-10-18(5-2)21(17)23-22(26)15(3)29-20(25)13-12-16-8-6-11-19(14-16)24(27)28/h6-15H,4-5H2,1-3H3,(H,23,26)/b13-12+/t15-/m1/s1. The summed E-state index contributed by atoms with van der Waals surface area (Å²) < 4.78 is 5.16. The minimum Gasteiger partial charge on any atom is -0.449 e. The fraction of sp³-hybridized carbons (Fsp3) is 0.273. The summed E-state index contributed by atoms with van der Waals surface area (Å²) in [6, 6.07) is 11.7. The minimum atomic E-state index is -0.994. The lowest BCUT2D eigenvalue weighted by atomic mass is 10.0. The van der Waals surface area contributed by atoms with Crippen molar-refractivity contribution in [2.45, 2.75) is 39.7 Å². The van der Waals surface area contributed by atoms with Gasteiger partial charge in [-0.3, -0.25) is 14.9 Å². The summed E-state index contributed by atoms with van der Waals surface area (Å²) in [6.07, 6.45) is 3.08. The number of rotatable bonds is 8. The first-order chi connectivity index (χ1) is 13.8. The molecule has 0 radical (unpaired) electrons. The Morgan fingerprint density at radius 1 is 1.14 bits per heavy atom. The van der Waals surface area contributed by atoms with Crippen LogP contribution >= 0.6 is 0 Å². The van der Waals surface area contributed by atoms with Gasteiger partial charge in [0.05, 0.1) is 4.92 Å². The molecule has 0 aliphatic rings. The van der Waals surface area contributed by atoms with Gasteiger partial charge in [-0.05, 0) is 42.5 Å². The van der Waals surface area contributed by atoms with Crippen molar-refractivity contribution in [2.75, 3.05) is 5.32 Å². The third-order valence-corrected chi connectivity index (χ3v) is 4.40. The van der Waals surface area contributed by atoms with E-state index < -0.39 is 22.9 Å². The number of non-ortho nitro benzene ring substituents is 1. The Labute approximate surface area is 169 Å². The number of carbonyl (C=O) groups excluding carboxylic acids is 2. The van der Waals surface area contributed by atoms with Crippen molar-refractivity contribution in [2.24, 2.45) is 0 Å². The molecule has 0 spiro atoms. The molecule has 0 heterocycles. The van der Waals surface area contributed by atoms with Crippen LogP contribution in [0.4, 0.5) is 11.4 Å². The molecule has 7 heteroatoms. The van der Waals surface area contributed by atoms with Crippen molar-refractivity contribution in [3.63, 3.8) is 0 Å². The number of hydrogen-bond donors (Lipinski definition) is 1. The van der Waals surface area contributed by atoms with Gasteiger partial charge in [0.1, 0.15) is 0 Å². The monoisotopic (exact) mass is 396 g/mol. The van der Waals surface area contributed by atoms with Crippen molar-refractivity contribution >= 4 is 29.3 Å². The fourth-order valence-electron chi connectivity index (χ4n) is 2.80. The maximum absolute atomic E-state index is 12.5. The topological polar surface area (TPSA) is 98.5 Å². The van der Waals surface area contributed by atoms with Gasteiger partial charge in [0.2, 0.25) is 0 Å². The van der Waals surface area contributed by atoms with Crippen LogP contribution in [-0.2, 0) is 27.2 Å². The van der Waals surface area contributed by atoms with Gasteiger partial charge in [0.25, 0.3) is 11.6 Å². The summed E-state index contributed by atoms with van der Waals surface area (Å²) in [5.41, 5.74) is 3.20. The number of nitrogens with zero attached hydrogens (tertiary/aromatic N) is 1. The molecule has 0 fully saturated rings. The van der Waals surface area contributed by atoms with Crippen LogP contribution in [0.25, 0.3) is 6.08 Å². The highest BCUT2D eigenvalue weighted by Gasteiger charge is 2.19. The summed E-state index contributed by atoms with van der Waals surface area (Å²) in [4.78, 5) is 34.8. The van der Waals surface area contributed by atoms with E-state index in [1.165, 1.54) is 31.2 Å². The smallest absolute Gasteiger partial charge is 0.331 e. The van der Waals surface area contributed by atoms with Gasteiger partial charge in [0.15, 0.2) is 6.10 Å². The Hall–Kier alpha value is -3.48. The Kier molecular flexibility index (Phi) is 7.65. The molecule has 0 unspecified atom stereocenters. The average Bonchev–Trinajstić information content (AvgIpc) is 2.72. The minimum absolute atomic E-state index is 0.0745. The fourth-order valence-corrected chi connectivity index (χ4v) is 2.80. The summed E-state index contributed by atoms with van der Waals surface area (Å²) in [5.74, 6) is -1.13. The molecule has 152 valence electrons. The first-order valence-corrected chi connectivity index (χ1v) is 9.40. The molecule has 2 aromatic carbocycles. The SMILES string of the molecule is CCc1cccc(CC)c1NC(=O)[C@@H](C)OC(=O)/C=C/c1cccc([N+](=O)[O-])c1. The normalized spacial score (nSPS) is 11.8. The molecular weight excluding hydrogens is 372 g/mol. The number of benzene rings is 2. The molecule has 0 aliphatic carbocycles. The number of aryl methyl sites for hydroxylation is 2. The summed E-state index contributed by atoms with van der Waals surface area (Å²) in [7, 11) is 0. The molecule has 2 rings (SSSR count). The van der Waals surface area contributed by atoms with Gasteiger partial charge >= 0.3 is 5.97 Å². The van der Waals surface area contributed by atoms with Crippen LogP contribution in [0.1, 0.15) is 37.5 Å². The number of ether oxygens (including phenoxy) is 1. The lowest BCUT2D eigenvalue weighted by Gasteiger charge is -2.17. The second-order valence-electron chi connectivity index (χ2n) is 6.41. The molecule has 1 amide bonds. The largest absolute Gasteiger partial charge is 0.449 e. The van der Waals surface area contributed by atoms with Crippen LogP contribution in [-0.4, -0.2) is 22.9 Å². The van der Waals surface area contributed by atoms with E-state index in [-0.39, 0.29) is 5.69 Å². The van der Waals surface area contributed by atoms with Crippen LogP contribution in [0.2, 0.25) is 0 Å². The highest BCUT2D eigenvalue weighted by atomic mass is 16.6. The molecule has 29 heavy (non-hydrogen) atoms. The quantitative estimate of drug-likeness (QED) is 0.310. The Morgan fingerprint density at radius 2 is 1.76 bits per heavy atom. The van der Waals surface area contributed by atoms with Crippen molar-refractivity contribution in [3.8, 4) is 0 Å². The first-order valence-electron chi connectivity index (χ1n) is 9.40. The number of anilines is 1. The van der Waals surface area contributed by atoms with Gasteiger partial charge in [-0.1, -0.05) is 44.2 Å². The van der Waals surface area contributed by atoms with E-state index in [2.05, 4.69) is 5.32 Å². The van der Waals surface area contributed by atoms with Gasteiger partial charge < -0.3 is 10.1 Å². The second-order valence-corrected chi connectivity index (χ2v) is 6.41. The van der Waals surface area contributed by atoms with Gasteiger partial charge in [0, 0.05) is 23.9 Å². The Balaban J connectivity index is 2.02. The predicted molar refractivity (Wildman–Crippen MR) is 112 cm³/mol. The lowest BCUT2D eigenvalue weighted by molar-refractivity contribution is -0.384. The van der Waals surface area contributed by atoms with Crippen LogP contribution in [0.15, 0.2) is 48.5 Å². The first kappa shape index (κ1) is 21.8. The molecule has 0 saturated heterocycles. The molecule has 0 aromatic heterocycles. The zero-order valence-electron chi connectivity index (χ0n) is 16.7. The Bertz CT molecular complexity index is 914. The highest BCUT2D eigenvalue weighted by Crippen LogP contribution is 2.23. The van der Waals surface area contributed by atoms with E-state index in [0.29, 0.717) is 5.56 Å². The van der Waals surface area contributed by atoms with E-state index in [1.54, 1.807) is 6.07 Å². The van der Waals surface area contributed by atoms with Gasteiger partial charge in [-0.15, -0.1) is 0 Å². The molecule has 1 atom stereocenters. The van der Waals surface area contributed by atoms with E-state index in [1.807, 2.05) is 32.0 Å². The third kappa shape index (κ3) is 6.00. The summed E-state index contributed by atoms with van der Waals surface area (Å²) >= 11 is 0. The number of nitro groups is 1. The van der Waals surface area contributed by atoms with Gasteiger partial charge in [-0.2, -0.15) is 0 Å².